The van der Waals surface area contributed by atoms with Crippen LogP contribution >= 0.6 is 11.6 Å². The van der Waals surface area contributed by atoms with Crippen LogP contribution in [0.25, 0.3) is 0 Å². The first-order chi connectivity index (χ1) is 8.86. The summed E-state index contributed by atoms with van der Waals surface area (Å²) in [5.41, 5.74) is 0.191. The summed E-state index contributed by atoms with van der Waals surface area (Å²) < 4.78 is 0. The molecule has 1 saturated heterocycles. The Labute approximate surface area is 117 Å². The van der Waals surface area contributed by atoms with Crippen molar-refractivity contribution in [1.82, 2.24) is 9.80 Å². The van der Waals surface area contributed by atoms with Gasteiger partial charge in [-0.05, 0) is 25.7 Å². The Bertz CT molecular complexity index is 233. The maximum absolute atomic E-state index is 6.76. The molecule has 104 valence electrons. The fourth-order valence-corrected chi connectivity index (χ4v) is 4.69. The van der Waals surface area contributed by atoms with Crippen LogP contribution in [0.2, 0.25) is 0 Å². The van der Waals surface area contributed by atoms with Crippen LogP contribution in [0.5, 0.6) is 0 Å². The highest BCUT2D eigenvalue weighted by molar-refractivity contribution is 6.20. The Balaban J connectivity index is 1.58. The molecule has 1 heterocycles. The molecule has 0 aromatic carbocycles. The molecule has 0 N–H and O–H groups in total. The van der Waals surface area contributed by atoms with Gasteiger partial charge in [-0.15, -0.1) is 0 Å². The van der Waals surface area contributed by atoms with Gasteiger partial charge in [0.2, 0.25) is 0 Å². The Morgan fingerprint density at radius 2 is 1.00 bits per heavy atom. The first-order valence-corrected chi connectivity index (χ1v) is 8.45. The standard InChI is InChI=1S/C15H27ClN2/c16-15-17(13-7-3-1-4-8-13)11-12-18(15)14-9-5-2-6-10-14/h13-15H,1-12H2. The second-order valence-electron chi connectivity index (χ2n) is 6.37. The molecule has 3 aliphatic rings. The number of nitrogens with zero attached hydrogens (tertiary/aromatic N) is 2. The van der Waals surface area contributed by atoms with E-state index < -0.39 is 0 Å². The molecule has 18 heavy (non-hydrogen) atoms. The maximum atomic E-state index is 6.76. The van der Waals surface area contributed by atoms with Gasteiger partial charge in [-0.2, -0.15) is 0 Å². The van der Waals surface area contributed by atoms with E-state index in [4.69, 9.17) is 11.6 Å². The molecule has 3 heteroatoms. The number of hydrogen-bond donors (Lipinski definition) is 0. The van der Waals surface area contributed by atoms with E-state index in [2.05, 4.69) is 9.80 Å². The van der Waals surface area contributed by atoms with Crippen LogP contribution in [0, 0.1) is 0 Å². The third-order valence-corrected chi connectivity index (χ3v) is 5.75. The fraction of sp³-hybridized carbons (Fsp3) is 1.00. The Morgan fingerprint density at radius 3 is 1.39 bits per heavy atom. The Morgan fingerprint density at radius 1 is 0.611 bits per heavy atom. The van der Waals surface area contributed by atoms with Gasteiger partial charge < -0.3 is 0 Å². The molecule has 2 saturated carbocycles. The van der Waals surface area contributed by atoms with Gasteiger partial charge in [0.1, 0.15) is 5.62 Å². The SMILES string of the molecule is ClC1N(C2CCCCC2)CCN1C1CCCCC1. The zero-order chi connectivity index (χ0) is 12.4. The molecule has 0 aromatic rings. The van der Waals surface area contributed by atoms with Crippen LogP contribution in [0.3, 0.4) is 0 Å². The normalized spacial score (nSPS) is 31.2. The predicted octanol–water partition coefficient (Wildman–Crippen LogP) is 3.79. The zero-order valence-electron chi connectivity index (χ0n) is 11.5. The zero-order valence-corrected chi connectivity index (χ0v) is 12.2. The summed E-state index contributed by atoms with van der Waals surface area (Å²) in [6.45, 7) is 2.41. The van der Waals surface area contributed by atoms with Crippen molar-refractivity contribution in [2.75, 3.05) is 13.1 Å². The van der Waals surface area contributed by atoms with Crippen LogP contribution < -0.4 is 0 Å². The van der Waals surface area contributed by atoms with Gasteiger partial charge in [0.05, 0.1) is 0 Å². The Kier molecular flexibility index (Phi) is 4.48. The first-order valence-electron chi connectivity index (χ1n) is 8.02. The molecular formula is C15H27ClN2. The lowest BCUT2D eigenvalue weighted by atomic mass is 9.94. The minimum absolute atomic E-state index is 0.191. The van der Waals surface area contributed by atoms with E-state index >= 15 is 0 Å². The molecule has 2 aliphatic carbocycles. The van der Waals surface area contributed by atoms with Crippen molar-refractivity contribution in [1.29, 1.82) is 0 Å². The molecule has 0 amide bonds. The average Bonchev–Trinajstić information content (AvgIpc) is 2.83. The topological polar surface area (TPSA) is 6.48 Å². The van der Waals surface area contributed by atoms with Crippen molar-refractivity contribution in [2.45, 2.75) is 81.9 Å². The van der Waals surface area contributed by atoms with Crippen LogP contribution in [0.4, 0.5) is 0 Å². The number of halogens is 1. The van der Waals surface area contributed by atoms with Gasteiger partial charge in [0.25, 0.3) is 0 Å². The van der Waals surface area contributed by atoms with Gasteiger partial charge in [0, 0.05) is 25.2 Å². The fourth-order valence-electron chi connectivity index (χ4n) is 4.17. The maximum Gasteiger partial charge on any atom is 0.140 e. The smallest absolute Gasteiger partial charge is 0.140 e. The van der Waals surface area contributed by atoms with Crippen molar-refractivity contribution >= 4 is 11.6 Å². The lowest BCUT2D eigenvalue weighted by Gasteiger charge is -2.37. The van der Waals surface area contributed by atoms with Gasteiger partial charge >= 0.3 is 0 Å². The van der Waals surface area contributed by atoms with E-state index in [-0.39, 0.29) is 5.62 Å². The summed E-state index contributed by atoms with van der Waals surface area (Å²) in [5, 5.41) is 0. The third kappa shape index (κ3) is 2.71. The molecule has 0 bridgehead atoms. The summed E-state index contributed by atoms with van der Waals surface area (Å²) in [6.07, 6.45) is 14.0. The largest absolute Gasteiger partial charge is 0.271 e. The van der Waals surface area contributed by atoms with Gasteiger partial charge in [-0.25, -0.2) is 0 Å². The first kappa shape index (κ1) is 13.2. The lowest BCUT2D eigenvalue weighted by Crippen LogP contribution is -2.45. The van der Waals surface area contributed by atoms with Crippen molar-refractivity contribution < 1.29 is 0 Å². The van der Waals surface area contributed by atoms with E-state index in [1.165, 1.54) is 77.3 Å². The highest BCUT2D eigenvalue weighted by Gasteiger charge is 2.38. The molecule has 0 atom stereocenters. The monoisotopic (exact) mass is 270 g/mol. The van der Waals surface area contributed by atoms with Crippen LogP contribution in [0.1, 0.15) is 64.2 Å². The minimum Gasteiger partial charge on any atom is -0.271 e. The average molecular weight is 271 g/mol. The van der Waals surface area contributed by atoms with Crippen molar-refractivity contribution in [2.24, 2.45) is 0 Å². The second kappa shape index (κ2) is 6.11. The van der Waals surface area contributed by atoms with Crippen molar-refractivity contribution in [3.05, 3.63) is 0 Å². The van der Waals surface area contributed by atoms with E-state index in [0.717, 1.165) is 12.1 Å². The van der Waals surface area contributed by atoms with E-state index in [9.17, 15) is 0 Å². The van der Waals surface area contributed by atoms with Crippen LogP contribution in [-0.4, -0.2) is 40.6 Å². The third-order valence-electron chi connectivity index (χ3n) is 5.25. The van der Waals surface area contributed by atoms with Gasteiger partial charge in [0.15, 0.2) is 0 Å². The quantitative estimate of drug-likeness (QED) is 0.556. The summed E-state index contributed by atoms with van der Waals surface area (Å²) >= 11 is 6.76. The van der Waals surface area contributed by atoms with Crippen molar-refractivity contribution in [3.63, 3.8) is 0 Å². The molecule has 0 unspecified atom stereocenters. The molecule has 2 nitrogen and oxygen atoms in total. The Hall–Kier alpha value is 0.210. The molecule has 3 fully saturated rings. The van der Waals surface area contributed by atoms with Crippen molar-refractivity contribution in [3.8, 4) is 0 Å². The molecule has 0 aromatic heterocycles. The molecule has 0 radical (unpaired) electrons. The summed E-state index contributed by atoms with van der Waals surface area (Å²) in [4.78, 5) is 5.19. The van der Waals surface area contributed by atoms with Crippen LogP contribution in [-0.2, 0) is 0 Å². The van der Waals surface area contributed by atoms with E-state index in [1.54, 1.807) is 0 Å². The molecule has 0 spiro atoms. The number of rotatable bonds is 2. The van der Waals surface area contributed by atoms with Crippen LogP contribution in [0.15, 0.2) is 0 Å². The molecular weight excluding hydrogens is 244 g/mol. The number of alkyl halides is 1. The lowest BCUT2D eigenvalue weighted by molar-refractivity contribution is 0.0943. The summed E-state index contributed by atoms with van der Waals surface area (Å²) in [5.74, 6) is 0. The molecule has 1 aliphatic heterocycles. The van der Waals surface area contributed by atoms with Gasteiger partial charge in [-0.1, -0.05) is 50.1 Å². The van der Waals surface area contributed by atoms with E-state index in [0.29, 0.717) is 0 Å². The second-order valence-corrected chi connectivity index (χ2v) is 6.76. The van der Waals surface area contributed by atoms with E-state index in [1.807, 2.05) is 0 Å². The molecule has 3 rings (SSSR count). The summed E-state index contributed by atoms with van der Waals surface area (Å²) in [6, 6.07) is 1.55. The minimum atomic E-state index is 0.191. The highest BCUT2D eigenvalue weighted by atomic mass is 35.5. The number of hydrogen-bond acceptors (Lipinski definition) is 2. The highest BCUT2D eigenvalue weighted by Crippen LogP contribution is 2.33. The van der Waals surface area contributed by atoms with Gasteiger partial charge in [-0.3, -0.25) is 9.80 Å². The summed E-state index contributed by atoms with van der Waals surface area (Å²) in [7, 11) is 0. The predicted molar refractivity (Wildman–Crippen MR) is 76.8 cm³/mol.